The number of aliphatic hydroxyl groups excluding tert-OH is 2. The first-order chi connectivity index (χ1) is 9.97. The second-order valence-corrected chi connectivity index (χ2v) is 4.55. The quantitative estimate of drug-likeness (QED) is 0.381. The van der Waals surface area contributed by atoms with Gasteiger partial charge in [0.15, 0.2) is 6.23 Å². The summed E-state index contributed by atoms with van der Waals surface area (Å²) < 4.78 is 6.39. The Morgan fingerprint density at radius 3 is 2.81 bits per heavy atom. The van der Waals surface area contributed by atoms with E-state index < -0.39 is 48.2 Å². The van der Waals surface area contributed by atoms with Gasteiger partial charge in [-0.1, -0.05) is 0 Å². The summed E-state index contributed by atoms with van der Waals surface area (Å²) in [6, 6.07) is 0.118. The van der Waals surface area contributed by atoms with Crippen LogP contribution in [0.2, 0.25) is 0 Å². The lowest BCUT2D eigenvalue weighted by molar-refractivity contribution is -0.121. The average Bonchev–Trinajstić information content (AvgIpc) is 2.76. The van der Waals surface area contributed by atoms with E-state index in [0.717, 1.165) is 10.6 Å². The minimum atomic E-state index is -1.23. The van der Waals surface area contributed by atoms with Gasteiger partial charge in [-0.15, -0.1) is 0 Å². The molecule has 0 unspecified atom stereocenters. The van der Waals surface area contributed by atoms with Crippen molar-refractivity contribution in [1.82, 2.24) is 14.9 Å². The average molecular weight is 300 g/mol. The van der Waals surface area contributed by atoms with Crippen LogP contribution in [0.15, 0.2) is 21.9 Å². The summed E-state index contributed by atoms with van der Waals surface area (Å²) in [6.45, 7) is -0.801. The molecule has 0 aromatic carbocycles. The SMILES string of the molecule is NCC(=O)N[C@@H]1[C@H](O)[C@@H](CO)O[C@H]1n1ccc(=O)[nH]c1=O. The Bertz CT molecular complexity index is 626. The highest BCUT2D eigenvalue weighted by atomic mass is 16.5. The van der Waals surface area contributed by atoms with Crippen molar-refractivity contribution in [2.24, 2.45) is 5.73 Å². The Morgan fingerprint density at radius 1 is 1.52 bits per heavy atom. The standard InChI is InChI=1S/C11H16N4O6/c12-3-7(18)13-8-9(19)5(4-16)21-10(8)15-2-1-6(17)14-11(15)20/h1-2,5,8-10,16,19H,3-4,12H2,(H,13,18)(H,14,17,20)/t5-,8-,9-,10-/m1/s1. The minimum absolute atomic E-state index is 0.305. The molecule has 6 N–H and O–H groups in total. The number of aromatic amines is 1. The highest BCUT2D eigenvalue weighted by Gasteiger charge is 2.45. The topological polar surface area (TPSA) is 160 Å². The summed E-state index contributed by atoms with van der Waals surface area (Å²) in [5.41, 5.74) is 3.85. The molecule has 21 heavy (non-hydrogen) atoms. The molecule has 1 amide bonds. The molecule has 2 rings (SSSR count). The van der Waals surface area contributed by atoms with Crippen molar-refractivity contribution < 1.29 is 19.7 Å². The molecule has 1 aromatic rings. The van der Waals surface area contributed by atoms with Crippen LogP contribution < -0.4 is 22.3 Å². The normalized spacial score (nSPS) is 28.5. The van der Waals surface area contributed by atoms with Gasteiger partial charge in [0.05, 0.1) is 13.2 Å². The van der Waals surface area contributed by atoms with E-state index in [2.05, 4.69) is 5.32 Å². The third kappa shape index (κ3) is 3.03. The number of H-pyrrole nitrogens is 1. The van der Waals surface area contributed by atoms with Gasteiger partial charge < -0.3 is 26.0 Å². The summed E-state index contributed by atoms with van der Waals surface area (Å²) in [5, 5.41) is 21.6. The molecule has 0 spiro atoms. The lowest BCUT2D eigenvalue weighted by Crippen LogP contribution is -2.50. The van der Waals surface area contributed by atoms with Crippen LogP contribution in [0.4, 0.5) is 0 Å². The van der Waals surface area contributed by atoms with Gasteiger partial charge in [-0.05, 0) is 0 Å². The highest BCUT2D eigenvalue weighted by Crippen LogP contribution is 2.27. The van der Waals surface area contributed by atoms with Crippen molar-refractivity contribution in [3.8, 4) is 0 Å². The third-order valence-corrected chi connectivity index (χ3v) is 3.19. The highest BCUT2D eigenvalue weighted by molar-refractivity contribution is 5.78. The second kappa shape index (κ2) is 6.18. The van der Waals surface area contributed by atoms with Crippen LogP contribution >= 0.6 is 0 Å². The van der Waals surface area contributed by atoms with Crippen LogP contribution in [-0.4, -0.2) is 57.1 Å². The van der Waals surface area contributed by atoms with Crippen molar-refractivity contribution in [2.45, 2.75) is 24.5 Å². The fourth-order valence-corrected chi connectivity index (χ4v) is 2.16. The Kier molecular flexibility index (Phi) is 4.53. The molecule has 10 heteroatoms. The molecule has 4 atom stereocenters. The smallest absolute Gasteiger partial charge is 0.330 e. The van der Waals surface area contributed by atoms with Gasteiger partial charge in [0, 0.05) is 12.3 Å². The third-order valence-electron chi connectivity index (χ3n) is 3.19. The molecule has 116 valence electrons. The molecule has 2 heterocycles. The van der Waals surface area contributed by atoms with Gasteiger partial charge in [0.25, 0.3) is 5.56 Å². The lowest BCUT2D eigenvalue weighted by Gasteiger charge is -2.22. The largest absolute Gasteiger partial charge is 0.394 e. The van der Waals surface area contributed by atoms with Gasteiger partial charge in [-0.3, -0.25) is 19.1 Å². The minimum Gasteiger partial charge on any atom is -0.394 e. The van der Waals surface area contributed by atoms with Crippen molar-refractivity contribution >= 4 is 5.91 Å². The van der Waals surface area contributed by atoms with Crippen molar-refractivity contribution in [3.63, 3.8) is 0 Å². The number of nitrogens with one attached hydrogen (secondary N) is 2. The summed E-state index contributed by atoms with van der Waals surface area (Å²) in [6.07, 6.45) is -2.09. The molecule has 0 radical (unpaired) electrons. The van der Waals surface area contributed by atoms with Gasteiger partial charge in [0.1, 0.15) is 18.2 Å². The monoisotopic (exact) mass is 300 g/mol. The number of hydrogen-bond acceptors (Lipinski definition) is 7. The van der Waals surface area contributed by atoms with E-state index in [1.807, 2.05) is 4.98 Å². The van der Waals surface area contributed by atoms with E-state index >= 15 is 0 Å². The Hall–Kier alpha value is -2.01. The molecule has 1 aliphatic heterocycles. The number of nitrogens with zero attached hydrogens (tertiary/aromatic N) is 1. The molecular weight excluding hydrogens is 284 g/mol. The predicted molar refractivity (Wildman–Crippen MR) is 69.3 cm³/mol. The van der Waals surface area contributed by atoms with Gasteiger partial charge >= 0.3 is 5.69 Å². The molecule has 1 fully saturated rings. The molecule has 1 saturated heterocycles. The number of nitrogens with two attached hydrogens (primary N) is 1. The zero-order valence-electron chi connectivity index (χ0n) is 10.9. The first-order valence-corrected chi connectivity index (χ1v) is 6.23. The van der Waals surface area contributed by atoms with Crippen LogP contribution in [0.5, 0.6) is 0 Å². The number of carbonyl (C=O) groups is 1. The number of aromatic nitrogens is 2. The van der Waals surface area contributed by atoms with Crippen LogP contribution in [0.25, 0.3) is 0 Å². The zero-order chi connectivity index (χ0) is 15.6. The summed E-state index contributed by atoms with van der Waals surface area (Å²) >= 11 is 0. The molecular formula is C11H16N4O6. The molecule has 10 nitrogen and oxygen atoms in total. The van der Waals surface area contributed by atoms with E-state index in [4.69, 9.17) is 15.6 Å². The number of carbonyl (C=O) groups excluding carboxylic acids is 1. The van der Waals surface area contributed by atoms with Gasteiger partial charge in [-0.25, -0.2) is 4.79 Å². The number of rotatable bonds is 4. The molecule has 0 bridgehead atoms. The van der Waals surface area contributed by atoms with Crippen LogP contribution in [0, 0.1) is 0 Å². The van der Waals surface area contributed by atoms with Gasteiger partial charge in [0.2, 0.25) is 5.91 Å². The van der Waals surface area contributed by atoms with Crippen molar-refractivity contribution in [2.75, 3.05) is 13.2 Å². The van der Waals surface area contributed by atoms with E-state index in [-0.39, 0.29) is 6.54 Å². The van der Waals surface area contributed by atoms with E-state index in [1.54, 1.807) is 0 Å². The first kappa shape index (κ1) is 15.4. The van der Waals surface area contributed by atoms with Crippen LogP contribution in [0.3, 0.4) is 0 Å². The van der Waals surface area contributed by atoms with E-state index in [9.17, 15) is 19.5 Å². The van der Waals surface area contributed by atoms with Crippen LogP contribution in [-0.2, 0) is 9.53 Å². The molecule has 1 aromatic heterocycles. The molecule has 0 aliphatic carbocycles. The fourth-order valence-electron chi connectivity index (χ4n) is 2.16. The molecule has 0 saturated carbocycles. The van der Waals surface area contributed by atoms with Crippen molar-refractivity contribution in [1.29, 1.82) is 0 Å². The summed E-state index contributed by atoms with van der Waals surface area (Å²) in [4.78, 5) is 36.3. The first-order valence-electron chi connectivity index (χ1n) is 6.23. The number of ether oxygens (including phenoxy) is 1. The maximum atomic E-state index is 11.8. The number of amides is 1. The molecule has 1 aliphatic rings. The summed E-state index contributed by atoms with van der Waals surface area (Å²) in [7, 11) is 0. The Balaban J connectivity index is 2.36. The fraction of sp³-hybridized carbons (Fsp3) is 0.545. The zero-order valence-corrected chi connectivity index (χ0v) is 10.9. The number of hydrogen-bond donors (Lipinski definition) is 5. The van der Waals surface area contributed by atoms with E-state index in [1.165, 1.54) is 6.20 Å². The number of aliphatic hydroxyl groups is 2. The van der Waals surface area contributed by atoms with Crippen molar-refractivity contribution in [3.05, 3.63) is 33.1 Å². The Labute approximate surface area is 118 Å². The van der Waals surface area contributed by atoms with E-state index in [0.29, 0.717) is 0 Å². The van der Waals surface area contributed by atoms with Gasteiger partial charge in [-0.2, -0.15) is 0 Å². The maximum absolute atomic E-state index is 11.8. The second-order valence-electron chi connectivity index (χ2n) is 4.55. The predicted octanol–water partition coefficient (Wildman–Crippen LogP) is -3.77. The summed E-state index contributed by atoms with van der Waals surface area (Å²) in [5.74, 6) is -0.552. The lowest BCUT2D eigenvalue weighted by atomic mass is 10.1. The Morgan fingerprint density at radius 2 is 2.24 bits per heavy atom. The van der Waals surface area contributed by atoms with Crippen LogP contribution in [0.1, 0.15) is 6.23 Å². The maximum Gasteiger partial charge on any atom is 0.330 e.